The number of hydrogen-bond donors (Lipinski definition) is 3. The maximum Gasteiger partial charge on any atom is 0.387 e. The van der Waals surface area contributed by atoms with Gasteiger partial charge in [0.05, 0.1) is 13.2 Å². The van der Waals surface area contributed by atoms with Crippen LogP contribution < -0.4 is 20.1 Å². The first-order valence-electron chi connectivity index (χ1n) is 6.81. The lowest BCUT2D eigenvalue weighted by Gasteiger charge is -2.15. The van der Waals surface area contributed by atoms with Crippen LogP contribution in [0.5, 0.6) is 11.5 Å². The van der Waals surface area contributed by atoms with Crippen molar-refractivity contribution in [3.8, 4) is 11.5 Å². The molecule has 0 aliphatic carbocycles. The van der Waals surface area contributed by atoms with Gasteiger partial charge in [-0.05, 0) is 18.2 Å². The molecule has 1 amide bonds. The minimum atomic E-state index is -2.97. The number of halogens is 3. The summed E-state index contributed by atoms with van der Waals surface area (Å²) in [6.45, 7) is -1.50. The monoisotopic (exact) mass is 352 g/mol. The maximum absolute atomic E-state index is 12.2. The number of methoxy groups -OCH3 is 1. The highest BCUT2D eigenvalue weighted by atomic mass is 35.5. The van der Waals surface area contributed by atoms with Gasteiger partial charge in [0.15, 0.2) is 11.5 Å². The lowest BCUT2D eigenvalue weighted by atomic mass is 10.1. The zero-order valence-electron chi connectivity index (χ0n) is 12.4. The number of aliphatic hydroxyl groups is 1. The van der Waals surface area contributed by atoms with E-state index in [-0.39, 0.29) is 41.3 Å². The standard InChI is InChI=1S/C14H18F2N2O4.ClH/c1-21-12-4-8(2-3-11(12)22-14(15)16)13(20)18-6-9-5-17-7-10(9)19;/h2-4,9-10,14,17,19H,5-7H2,1H3,(H,18,20);1H. The SMILES string of the molecule is COc1cc(C(=O)NCC2CNCC2O)ccc1OC(F)F.Cl. The second-order valence-corrected chi connectivity index (χ2v) is 4.94. The number of nitrogens with one attached hydrogen (secondary N) is 2. The molecule has 0 spiro atoms. The number of benzene rings is 1. The van der Waals surface area contributed by atoms with E-state index in [1.807, 2.05) is 0 Å². The molecule has 0 aromatic heterocycles. The molecule has 0 saturated carbocycles. The molecule has 23 heavy (non-hydrogen) atoms. The third kappa shape index (κ3) is 5.19. The van der Waals surface area contributed by atoms with E-state index in [0.29, 0.717) is 19.6 Å². The number of rotatable bonds is 6. The van der Waals surface area contributed by atoms with Gasteiger partial charge >= 0.3 is 6.61 Å². The molecule has 1 aromatic carbocycles. The second-order valence-electron chi connectivity index (χ2n) is 4.94. The molecule has 130 valence electrons. The molecule has 0 bridgehead atoms. The Morgan fingerprint density at radius 2 is 2.17 bits per heavy atom. The average molecular weight is 353 g/mol. The number of ether oxygens (including phenoxy) is 2. The van der Waals surface area contributed by atoms with Gasteiger partial charge in [-0.3, -0.25) is 4.79 Å². The Labute approximate surface area is 138 Å². The van der Waals surface area contributed by atoms with Crippen LogP contribution in [0.25, 0.3) is 0 Å². The number of amides is 1. The molecule has 1 saturated heterocycles. The summed E-state index contributed by atoms with van der Waals surface area (Å²) in [6.07, 6.45) is -0.489. The molecule has 1 aromatic rings. The molecule has 0 radical (unpaired) electrons. The summed E-state index contributed by atoms with van der Waals surface area (Å²) >= 11 is 0. The lowest BCUT2D eigenvalue weighted by molar-refractivity contribution is -0.0512. The molecule has 3 N–H and O–H groups in total. The molecule has 9 heteroatoms. The van der Waals surface area contributed by atoms with Gasteiger partial charge in [-0.15, -0.1) is 12.4 Å². The molecule has 2 rings (SSSR count). The summed E-state index contributed by atoms with van der Waals surface area (Å²) in [4.78, 5) is 12.1. The molecule has 2 atom stereocenters. The van der Waals surface area contributed by atoms with E-state index >= 15 is 0 Å². The van der Waals surface area contributed by atoms with Gasteiger partial charge < -0.3 is 25.2 Å². The zero-order valence-corrected chi connectivity index (χ0v) is 13.2. The molecule has 1 fully saturated rings. The third-order valence-electron chi connectivity index (χ3n) is 3.47. The smallest absolute Gasteiger partial charge is 0.387 e. The maximum atomic E-state index is 12.2. The van der Waals surface area contributed by atoms with Crippen molar-refractivity contribution < 1.29 is 28.2 Å². The van der Waals surface area contributed by atoms with Gasteiger partial charge in [0.25, 0.3) is 5.91 Å². The van der Waals surface area contributed by atoms with E-state index in [0.717, 1.165) is 0 Å². The summed E-state index contributed by atoms with van der Waals surface area (Å²) in [5.74, 6) is -0.506. The third-order valence-corrected chi connectivity index (χ3v) is 3.47. The highest BCUT2D eigenvalue weighted by Crippen LogP contribution is 2.29. The Hall–Kier alpha value is -1.64. The number of carbonyl (C=O) groups is 1. The van der Waals surface area contributed by atoms with Crippen molar-refractivity contribution in [3.63, 3.8) is 0 Å². The summed E-state index contributed by atoms with van der Waals surface area (Å²) < 4.78 is 33.7. The first-order chi connectivity index (χ1) is 10.5. The van der Waals surface area contributed by atoms with Crippen LogP contribution >= 0.6 is 12.4 Å². The summed E-state index contributed by atoms with van der Waals surface area (Å²) in [7, 11) is 1.30. The number of carbonyl (C=O) groups excluding carboxylic acids is 1. The average Bonchev–Trinajstić information content (AvgIpc) is 2.90. The van der Waals surface area contributed by atoms with Crippen LogP contribution in [0.4, 0.5) is 8.78 Å². The van der Waals surface area contributed by atoms with E-state index in [4.69, 9.17) is 4.74 Å². The van der Waals surface area contributed by atoms with Crippen LogP contribution in [-0.2, 0) is 0 Å². The van der Waals surface area contributed by atoms with E-state index < -0.39 is 12.7 Å². The van der Waals surface area contributed by atoms with Crippen LogP contribution in [0.1, 0.15) is 10.4 Å². The van der Waals surface area contributed by atoms with Gasteiger partial charge in [-0.25, -0.2) is 0 Å². The predicted octanol–water partition coefficient (Wildman–Crippen LogP) is 1.03. The highest BCUT2D eigenvalue weighted by molar-refractivity contribution is 5.94. The second kappa shape index (κ2) is 8.85. The van der Waals surface area contributed by atoms with Crippen molar-refractivity contribution in [2.45, 2.75) is 12.7 Å². The Balaban J connectivity index is 0.00000264. The summed E-state index contributed by atoms with van der Waals surface area (Å²) in [5, 5.41) is 15.4. The van der Waals surface area contributed by atoms with E-state index in [2.05, 4.69) is 15.4 Å². The van der Waals surface area contributed by atoms with Crippen LogP contribution in [0.15, 0.2) is 18.2 Å². The highest BCUT2D eigenvalue weighted by Gasteiger charge is 2.25. The van der Waals surface area contributed by atoms with E-state index in [1.165, 1.54) is 25.3 Å². The van der Waals surface area contributed by atoms with Crippen LogP contribution in [0.2, 0.25) is 0 Å². The van der Waals surface area contributed by atoms with Crippen molar-refractivity contribution in [3.05, 3.63) is 23.8 Å². The van der Waals surface area contributed by atoms with Crippen molar-refractivity contribution in [2.24, 2.45) is 5.92 Å². The van der Waals surface area contributed by atoms with Crippen molar-refractivity contribution >= 4 is 18.3 Å². The molecule has 6 nitrogen and oxygen atoms in total. The van der Waals surface area contributed by atoms with Crippen LogP contribution in [-0.4, -0.2) is 50.5 Å². The Bertz CT molecular complexity index is 533. The van der Waals surface area contributed by atoms with Gasteiger partial charge in [-0.1, -0.05) is 0 Å². The Kier molecular flexibility index (Phi) is 7.47. The molecular weight excluding hydrogens is 334 g/mol. The van der Waals surface area contributed by atoms with Gasteiger partial charge in [-0.2, -0.15) is 8.78 Å². The molecule has 2 unspecified atom stereocenters. The van der Waals surface area contributed by atoms with E-state index in [9.17, 15) is 18.7 Å². The minimum Gasteiger partial charge on any atom is -0.493 e. The normalized spacial score (nSPS) is 20.0. The number of β-amino-alcohol motifs (C(OH)–C–C–N with tert-alkyl or cyclic N) is 1. The van der Waals surface area contributed by atoms with Crippen molar-refractivity contribution in [2.75, 3.05) is 26.7 Å². The molecule has 1 aliphatic heterocycles. The number of aliphatic hydroxyl groups excluding tert-OH is 1. The fourth-order valence-electron chi connectivity index (χ4n) is 2.26. The minimum absolute atomic E-state index is 0. The van der Waals surface area contributed by atoms with Crippen LogP contribution in [0, 0.1) is 5.92 Å². The topological polar surface area (TPSA) is 79.8 Å². The van der Waals surface area contributed by atoms with Crippen molar-refractivity contribution in [1.82, 2.24) is 10.6 Å². The van der Waals surface area contributed by atoms with E-state index in [1.54, 1.807) is 0 Å². The Morgan fingerprint density at radius 1 is 1.43 bits per heavy atom. The van der Waals surface area contributed by atoms with Crippen molar-refractivity contribution in [1.29, 1.82) is 0 Å². The number of hydrogen-bond acceptors (Lipinski definition) is 5. The first-order valence-corrected chi connectivity index (χ1v) is 6.81. The van der Waals surface area contributed by atoms with Gasteiger partial charge in [0.2, 0.25) is 0 Å². The molecular formula is C14H19ClF2N2O4. The summed E-state index contributed by atoms with van der Waals surface area (Å²) in [5.41, 5.74) is 0.263. The quantitative estimate of drug-likeness (QED) is 0.712. The lowest BCUT2D eigenvalue weighted by Crippen LogP contribution is -2.34. The first kappa shape index (κ1) is 19.4. The summed E-state index contributed by atoms with van der Waals surface area (Å²) in [6, 6.07) is 3.96. The largest absolute Gasteiger partial charge is 0.493 e. The zero-order chi connectivity index (χ0) is 16.1. The van der Waals surface area contributed by atoms with Gasteiger partial charge in [0, 0.05) is 31.1 Å². The fourth-order valence-corrected chi connectivity index (χ4v) is 2.26. The van der Waals surface area contributed by atoms with Crippen LogP contribution in [0.3, 0.4) is 0 Å². The Morgan fingerprint density at radius 3 is 2.74 bits per heavy atom. The molecule has 1 aliphatic rings. The predicted molar refractivity (Wildman–Crippen MR) is 81.6 cm³/mol. The molecule has 1 heterocycles. The number of alkyl halides is 2. The van der Waals surface area contributed by atoms with Gasteiger partial charge in [0.1, 0.15) is 0 Å². The fraction of sp³-hybridized carbons (Fsp3) is 0.500.